The number of nitrogen functional groups attached to an aromatic ring is 1. The van der Waals surface area contributed by atoms with E-state index in [2.05, 4.69) is 76.8 Å². The number of aryl methyl sites for hydroxylation is 2. The van der Waals surface area contributed by atoms with Crippen LogP contribution in [-0.4, -0.2) is 41.5 Å². The number of methoxy groups -OCH3 is 1. The fourth-order valence-corrected chi connectivity index (χ4v) is 3.64. The van der Waals surface area contributed by atoms with Crippen molar-refractivity contribution >= 4 is 17.3 Å². The second-order valence-electron chi connectivity index (χ2n) is 10.8. The summed E-state index contributed by atoms with van der Waals surface area (Å²) in [7, 11) is 1.52. The molecule has 0 fully saturated rings. The lowest BCUT2D eigenvalue weighted by Crippen LogP contribution is -2.33. The van der Waals surface area contributed by atoms with Crippen molar-refractivity contribution in [1.29, 1.82) is 0 Å². The largest absolute Gasteiger partial charge is 0.495 e. The van der Waals surface area contributed by atoms with Crippen molar-refractivity contribution in [2.45, 2.75) is 140 Å². The van der Waals surface area contributed by atoms with Crippen LogP contribution in [0.4, 0.5) is 11.5 Å². The molecule has 0 aliphatic carbocycles. The Hall–Kier alpha value is -2.93. The second kappa shape index (κ2) is 27.9. The number of benzene rings is 1. The van der Waals surface area contributed by atoms with E-state index in [0.717, 1.165) is 30.2 Å². The summed E-state index contributed by atoms with van der Waals surface area (Å²) in [5.74, 6) is 2.43. The van der Waals surface area contributed by atoms with Crippen LogP contribution in [0, 0.1) is 13.8 Å². The van der Waals surface area contributed by atoms with Gasteiger partial charge in [-0.25, -0.2) is 9.97 Å². The fraction of sp³-hybridized carbons (Fsp3) is 0.639. The smallest absolute Gasteiger partial charge is 0.159 e. The molecule has 0 aliphatic heterocycles. The van der Waals surface area contributed by atoms with Gasteiger partial charge >= 0.3 is 0 Å². The van der Waals surface area contributed by atoms with Crippen molar-refractivity contribution < 1.29 is 9.53 Å². The fourth-order valence-electron chi connectivity index (χ4n) is 3.64. The third-order valence-electron chi connectivity index (χ3n) is 5.97. The molecule has 7 heteroatoms. The van der Waals surface area contributed by atoms with Crippen LogP contribution in [0.3, 0.4) is 0 Å². The highest BCUT2D eigenvalue weighted by atomic mass is 16.5. The number of nitrogens with zero attached hydrogens (tertiary/aromatic N) is 3. The summed E-state index contributed by atoms with van der Waals surface area (Å²) >= 11 is 0. The number of hydrogen-bond donors (Lipinski definition) is 2. The Morgan fingerprint density at radius 3 is 2.07 bits per heavy atom. The first-order valence-electron chi connectivity index (χ1n) is 16.2. The number of Topliss-reactive ketones (excluding diaryl/α,β-unsaturated/α-hetero) is 1. The van der Waals surface area contributed by atoms with E-state index < -0.39 is 0 Å². The molecule has 7 nitrogen and oxygen atoms in total. The van der Waals surface area contributed by atoms with Gasteiger partial charge in [-0.15, -0.1) is 6.58 Å². The van der Waals surface area contributed by atoms with Gasteiger partial charge in [0.25, 0.3) is 0 Å². The predicted molar refractivity (Wildman–Crippen MR) is 191 cm³/mol. The SMILES string of the molecule is C=C(C)CCN(c1nc(C)ncc1C)C(C)C.CC.CCC.CCCCC(N)CCC.COc1cc(C(C)=O)ccc1N. The first kappa shape index (κ1) is 44.5. The molecule has 0 spiro atoms. The summed E-state index contributed by atoms with van der Waals surface area (Å²) in [4.78, 5) is 22.0. The zero-order valence-electron chi connectivity index (χ0n) is 30.1. The summed E-state index contributed by atoms with van der Waals surface area (Å²) in [6, 6.07) is 5.88. The standard InChI is InChI=1S/C14H23N3.C9H11NO2.C8H19N.C3H8.C2H6/c1-10(2)7-8-17(11(3)4)14-12(5)9-15-13(6)16-14;1-6(11)7-3-4-8(10)9(5-7)12-2;1-3-5-7-8(9)6-4-2;1-3-2;1-2/h9,11H,1,7-8H2,2-6H3;3-5H,10H2,1-2H3;8H,3-7,9H2,1-2H3;3H2,1-2H3;1-2H3. The van der Waals surface area contributed by atoms with Gasteiger partial charge in [-0.2, -0.15) is 0 Å². The molecule has 1 aromatic heterocycles. The van der Waals surface area contributed by atoms with Crippen molar-refractivity contribution in [1.82, 2.24) is 9.97 Å². The average molecular weight is 602 g/mol. The maximum atomic E-state index is 10.9. The first-order valence-corrected chi connectivity index (χ1v) is 16.2. The summed E-state index contributed by atoms with van der Waals surface area (Å²) < 4.78 is 4.96. The van der Waals surface area contributed by atoms with Crippen LogP contribution in [0.2, 0.25) is 0 Å². The van der Waals surface area contributed by atoms with Crippen LogP contribution >= 0.6 is 0 Å². The van der Waals surface area contributed by atoms with Gasteiger partial charge < -0.3 is 21.1 Å². The Kier molecular flexibility index (Phi) is 28.9. The van der Waals surface area contributed by atoms with Crippen LogP contribution in [0.1, 0.15) is 136 Å². The zero-order chi connectivity index (χ0) is 34.0. The highest BCUT2D eigenvalue weighted by molar-refractivity contribution is 5.95. The topological polar surface area (TPSA) is 107 Å². The van der Waals surface area contributed by atoms with E-state index in [-0.39, 0.29) is 5.78 Å². The molecule has 0 saturated heterocycles. The monoisotopic (exact) mass is 602 g/mol. The summed E-state index contributed by atoms with van der Waals surface area (Å²) in [5.41, 5.74) is 14.8. The average Bonchev–Trinajstić information content (AvgIpc) is 2.96. The summed E-state index contributed by atoms with van der Waals surface area (Å²) in [6.07, 6.45) is 10.3. The number of ketones is 1. The molecule has 0 radical (unpaired) electrons. The Morgan fingerprint density at radius 2 is 1.63 bits per heavy atom. The lowest BCUT2D eigenvalue weighted by molar-refractivity contribution is 0.101. The molecular weight excluding hydrogens is 534 g/mol. The lowest BCUT2D eigenvalue weighted by atomic mass is 10.1. The molecule has 1 unspecified atom stereocenters. The molecule has 248 valence electrons. The quantitative estimate of drug-likeness (QED) is 0.142. The van der Waals surface area contributed by atoms with E-state index in [1.54, 1.807) is 18.2 Å². The van der Waals surface area contributed by atoms with Gasteiger partial charge in [-0.3, -0.25) is 4.79 Å². The van der Waals surface area contributed by atoms with Gasteiger partial charge in [0, 0.05) is 36.0 Å². The van der Waals surface area contributed by atoms with E-state index >= 15 is 0 Å². The number of aromatic nitrogens is 2. The predicted octanol–water partition coefficient (Wildman–Crippen LogP) is 9.50. The van der Waals surface area contributed by atoms with E-state index in [1.165, 1.54) is 58.1 Å². The number of carbonyl (C=O) groups is 1. The molecule has 4 N–H and O–H groups in total. The normalized spacial score (nSPS) is 10.3. The third-order valence-corrected chi connectivity index (χ3v) is 5.97. The van der Waals surface area contributed by atoms with Crippen molar-refractivity contribution in [3.8, 4) is 5.75 Å². The molecule has 2 aromatic rings. The van der Waals surface area contributed by atoms with Crippen molar-refractivity contribution in [3.05, 3.63) is 53.5 Å². The van der Waals surface area contributed by atoms with Gasteiger partial charge in [0.15, 0.2) is 5.78 Å². The van der Waals surface area contributed by atoms with Crippen molar-refractivity contribution in [2.24, 2.45) is 5.73 Å². The number of hydrogen-bond acceptors (Lipinski definition) is 7. The number of rotatable bonds is 12. The summed E-state index contributed by atoms with van der Waals surface area (Å²) in [5, 5.41) is 0. The Balaban J connectivity index is -0.000000540. The van der Waals surface area contributed by atoms with E-state index in [1.807, 2.05) is 27.0 Å². The molecule has 1 heterocycles. The molecule has 0 aliphatic rings. The third kappa shape index (κ3) is 22.3. The minimum Gasteiger partial charge on any atom is -0.495 e. The number of unbranched alkanes of at least 4 members (excludes halogenated alkanes) is 1. The van der Waals surface area contributed by atoms with Crippen LogP contribution in [0.5, 0.6) is 5.75 Å². The lowest BCUT2D eigenvalue weighted by Gasteiger charge is -2.29. The van der Waals surface area contributed by atoms with E-state index in [0.29, 0.717) is 29.1 Å². The first-order chi connectivity index (χ1) is 20.3. The number of carbonyl (C=O) groups excluding carboxylic acids is 1. The number of ether oxygens (including phenoxy) is 1. The van der Waals surface area contributed by atoms with Crippen LogP contribution in [0.25, 0.3) is 0 Å². The van der Waals surface area contributed by atoms with Gasteiger partial charge in [0.05, 0.1) is 12.8 Å². The number of anilines is 2. The van der Waals surface area contributed by atoms with Gasteiger partial charge in [-0.05, 0) is 79.0 Å². The molecule has 1 atom stereocenters. The Bertz CT molecular complexity index is 992. The molecule has 43 heavy (non-hydrogen) atoms. The molecular formula is C36H67N5O2. The summed E-state index contributed by atoms with van der Waals surface area (Å²) in [6.45, 7) is 29.5. The minimum absolute atomic E-state index is 0.00769. The van der Waals surface area contributed by atoms with Gasteiger partial charge in [0.1, 0.15) is 17.4 Å². The van der Waals surface area contributed by atoms with Gasteiger partial charge in [0.2, 0.25) is 0 Å². The van der Waals surface area contributed by atoms with Crippen LogP contribution in [0.15, 0.2) is 36.5 Å². The van der Waals surface area contributed by atoms with Crippen LogP contribution in [-0.2, 0) is 0 Å². The maximum absolute atomic E-state index is 10.9. The molecule has 0 bridgehead atoms. The molecule has 1 aromatic carbocycles. The molecule has 0 amide bonds. The molecule has 2 rings (SSSR count). The molecule has 0 saturated carbocycles. The second-order valence-corrected chi connectivity index (χ2v) is 10.8. The minimum atomic E-state index is 0.00769. The zero-order valence-corrected chi connectivity index (χ0v) is 30.1. The van der Waals surface area contributed by atoms with E-state index in [4.69, 9.17) is 16.2 Å². The highest BCUT2D eigenvalue weighted by Gasteiger charge is 2.14. The van der Waals surface area contributed by atoms with E-state index in [9.17, 15) is 4.79 Å². The Labute approximate surface area is 265 Å². The van der Waals surface area contributed by atoms with Crippen molar-refractivity contribution in [2.75, 3.05) is 24.3 Å². The maximum Gasteiger partial charge on any atom is 0.159 e. The van der Waals surface area contributed by atoms with Crippen LogP contribution < -0.4 is 21.1 Å². The number of nitrogens with two attached hydrogens (primary N) is 2. The Morgan fingerprint density at radius 1 is 1.05 bits per heavy atom. The van der Waals surface area contributed by atoms with Gasteiger partial charge in [-0.1, -0.05) is 72.8 Å². The van der Waals surface area contributed by atoms with Crippen molar-refractivity contribution in [3.63, 3.8) is 0 Å². The highest BCUT2D eigenvalue weighted by Crippen LogP contribution is 2.22.